The van der Waals surface area contributed by atoms with Crippen molar-refractivity contribution in [2.75, 3.05) is 26.7 Å². The number of unbranched alkanes of at least 4 members (excludes halogenated alkanes) is 1. The monoisotopic (exact) mass is 244 g/mol. The van der Waals surface area contributed by atoms with Crippen molar-refractivity contribution in [3.05, 3.63) is 0 Å². The second kappa shape index (κ2) is 9.24. The third-order valence-electron chi connectivity index (χ3n) is 3.07. The van der Waals surface area contributed by atoms with E-state index in [1.54, 1.807) is 0 Å². The van der Waals surface area contributed by atoms with E-state index < -0.39 is 0 Å². The van der Waals surface area contributed by atoms with Crippen LogP contribution in [-0.2, 0) is 0 Å². The molecule has 1 atom stereocenters. The van der Waals surface area contributed by atoms with Crippen LogP contribution in [0, 0.1) is 5.92 Å². The largest absolute Gasteiger partial charge is 0.409 e. The minimum Gasteiger partial charge on any atom is -0.409 e. The smallest absolute Gasteiger partial charge is 0.143 e. The molecule has 0 heterocycles. The van der Waals surface area contributed by atoms with Crippen molar-refractivity contribution < 1.29 is 5.21 Å². The van der Waals surface area contributed by atoms with Crippen LogP contribution in [0.4, 0.5) is 0 Å². The normalized spacial score (nSPS) is 14.6. The third-order valence-corrected chi connectivity index (χ3v) is 3.07. The van der Waals surface area contributed by atoms with E-state index in [1.165, 1.54) is 6.42 Å². The zero-order chi connectivity index (χ0) is 13.3. The summed E-state index contributed by atoms with van der Waals surface area (Å²) < 4.78 is 0. The van der Waals surface area contributed by atoms with Crippen LogP contribution in [0.15, 0.2) is 5.16 Å². The summed E-state index contributed by atoms with van der Waals surface area (Å²) in [4.78, 5) is 2.35. The van der Waals surface area contributed by atoms with E-state index >= 15 is 0 Å². The zero-order valence-corrected chi connectivity index (χ0v) is 11.6. The first kappa shape index (κ1) is 16.2. The second-order valence-corrected chi connectivity index (χ2v) is 4.91. The number of hydrogen-bond acceptors (Lipinski definition) is 4. The quantitative estimate of drug-likeness (QED) is 0.186. The number of nitrogens with two attached hydrogens (primary N) is 1. The molecule has 1 unspecified atom stereocenters. The molecule has 0 amide bonds. The van der Waals surface area contributed by atoms with Gasteiger partial charge in [-0.2, -0.15) is 0 Å². The summed E-state index contributed by atoms with van der Waals surface area (Å²) in [5.41, 5.74) is 5.48. The number of nitrogens with zero attached hydrogens (tertiary/aromatic N) is 2. The predicted octanol–water partition coefficient (Wildman–Crippen LogP) is 1.08. The Kier molecular flexibility index (Phi) is 8.80. The van der Waals surface area contributed by atoms with Crippen LogP contribution in [0.1, 0.15) is 33.6 Å². The van der Waals surface area contributed by atoms with Gasteiger partial charge >= 0.3 is 0 Å². The first-order valence-corrected chi connectivity index (χ1v) is 6.37. The fraction of sp³-hybridized carbons (Fsp3) is 0.917. The van der Waals surface area contributed by atoms with Crippen LogP contribution in [0.5, 0.6) is 0 Å². The summed E-state index contributed by atoms with van der Waals surface area (Å²) in [6.07, 6.45) is 2.35. The fourth-order valence-electron chi connectivity index (χ4n) is 1.39. The van der Waals surface area contributed by atoms with Gasteiger partial charge in [-0.15, -0.1) is 0 Å². The molecule has 0 aliphatic carbocycles. The van der Waals surface area contributed by atoms with Crippen molar-refractivity contribution >= 4 is 5.84 Å². The molecule has 102 valence electrons. The average molecular weight is 244 g/mol. The summed E-state index contributed by atoms with van der Waals surface area (Å²) in [5.74, 6) is 0.371. The van der Waals surface area contributed by atoms with Crippen LogP contribution in [0.2, 0.25) is 0 Å². The van der Waals surface area contributed by atoms with Gasteiger partial charge in [-0.05, 0) is 46.8 Å². The van der Waals surface area contributed by atoms with E-state index in [9.17, 15) is 0 Å². The van der Waals surface area contributed by atoms with E-state index in [1.807, 2.05) is 6.92 Å². The van der Waals surface area contributed by atoms with Gasteiger partial charge in [0.15, 0.2) is 0 Å². The lowest BCUT2D eigenvalue weighted by molar-refractivity contribution is 0.268. The highest BCUT2D eigenvalue weighted by Crippen LogP contribution is 1.98. The van der Waals surface area contributed by atoms with Gasteiger partial charge in [0.2, 0.25) is 0 Å². The molecule has 17 heavy (non-hydrogen) atoms. The molecule has 0 aliphatic rings. The van der Waals surface area contributed by atoms with E-state index in [0.717, 1.165) is 26.1 Å². The van der Waals surface area contributed by atoms with Crippen LogP contribution in [-0.4, -0.2) is 48.7 Å². The van der Waals surface area contributed by atoms with Crippen molar-refractivity contribution in [3.8, 4) is 0 Å². The number of nitrogens with one attached hydrogen (secondary N) is 1. The van der Waals surface area contributed by atoms with Crippen LogP contribution in [0.25, 0.3) is 0 Å². The Morgan fingerprint density at radius 1 is 1.35 bits per heavy atom. The lowest BCUT2D eigenvalue weighted by Gasteiger charge is -2.20. The Balaban J connectivity index is 3.41. The Hall–Kier alpha value is -0.810. The lowest BCUT2D eigenvalue weighted by Crippen LogP contribution is -2.32. The van der Waals surface area contributed by atoms with E-state index in [-0.39, 0.29) is 11.8 Å². The molecule has 0 rings (SSSR count). The topological polar surface area (TPSA) is 73.9 Å². The summed E-state index contributed by atoms with van der Waals surface area (Å²) >= 11 is 0. The van der Waals surface area contributed by atoms with Gasteiger partial charge in [-0.1, -0.05) is 12.1 Å². The zero-order valence-electron chi connectivity index (χ0n) is 11.6. The Morgan fingerprint density at radius 3 is 2.53 bits per heavy atom. The van der Waals surface area contributed by atoms with Crippen LogP contribution >= 0.6 is 0 Å². The van der Waals surface area contributed by atoms with Gasteiger partial charge in [0.1, 0.15) is 5.84 Å². The number of oxime groups is 1. The fourth-order valence-corrected chi connectivity index (χ4v) is 1.39. The molecule has 0 fully saturated rings. The Morgan fingerprint density at radius 2 is 2.00 bits per heavy atom. The highest BCUT2D eigenvalue weighted by atomic mass is 16.4. The molecule has 0 aromatic heterocycles. The van der Waals surface area contributed by atoms with Gasteiger partial charge in [0.05, 0.1) is 0 Å². The highest BCUT2D eigenvalue weighted by Gasteiger charge is 2.06. The van der Waals surface area contributed by atoms with E-state index in [2.05, 4.69) is 36.3 Å². The molecule has 5 nitrogen and oxygen atoms in total. The molecular weight excluding hydrogens is 216 g/mol. The standard InChI is InChI=1S/C12H28N4O/c1-10(2)16(4)8-6-5-7-14-9-11(3)12(13)15-17/h10-11,14,17H,5-9H2,1-4H3,(H2,13,15). The van der Waals surface area contributed by atoms with Crippen LogP contribution in [0.3, 0.4) is 0 Å². The van der Waals surface area contributed by atoms with Gasteiger partial charge in [-0.25, -0.2) is 0 Å². The van der Waals surface area contributed by atoms with E-state index in [0.29, 0.717) is 6.04 Å². The van der Waals surface area contributed by atoms with Crippen LogP contribution < -0.4 is 11.1 Å². The maximum Gasteiger partial charge on any atom is 0.143 e. The molecule has 0 saturated heterocycles. The first-order chi connectivity index (χ1) is 7.99. The van der Waals surface area contributed by atoms with Gasteiger partial charge in [0.25, 0.3) is 0 Å². The highest BCUT2D eigenvalue weighted by molar-refractivity contribution is 5.82. The lowest BCUT2D eigenvalue weighted by atomic mass is 10.1. The van der Waals surface area contributed by atoms with E-state index in [4.69, 9.17) is 10.9 Å². The molecular formula is C12H28N4O. The Bertz CT molecular complexity index is 219. The molecule has 5 heteroatoms. The van der Waals surface area contributed by atoms with Gasteiger partial charge < -0.3 is 21.2 Å². The molecule has 0 aromatic rings. The molecule has 0 radical (unpaired) electrons. The minimum absolute atomic E-state index is 0.0818. The van der Waals surface area contributed by atoms with Crippen molar-refractivity contribution in [3.63, 3.8) is 0 Å². The molecule has 0 bridgehead atoms. The molecule has 4 N–H and O–H groups in total. The van der Waals surface area contributed by atoms with Crippen molar-refractivity contribution in [2.24, 2.45) is 16.8 Å². The first-order valence-electron chi connectivity index (χ1n) is 6.37. The second-order valence-electron chi connectivity index (χ2n) is 4.91. The maximum atomic E-state index is 8.49. The summed E-state index contributed by atoms with van der Waals surface area (Å²) in [6.45, 7) is 9.22. The third kappa shape index (κ3) is 7.99. The Labute approximate surface area is 105 Å². The van der Waals surface area contributed by atoms with Crippen molar-refractivity contribution in [2.45, 2.75) is 39.7 Å². The summed E-state index contributed by atoms with van der Waals surface area (Å²) in [5, 5.41) is 14.8. The van der Waals surface area contributed by atoms with Gasteiger partial charge in [-0.3, -0.25) is 0 Å². The molecule has 0 spiro atoms. The van der Waals surface area contributed by atoms with Crippen molar-refractivity contribution in [1.82, 2.24) is 10.2 Å². The average Bonchev–Trinajstić information content (AvgIpc) is 2.31. The molecule has 0 aromatic carbocycles. The predicted molar refractivity (Wildman–Crippen MR) is 72.4 cm³/mol. The van der Waals surface area contributed by atoms with Crippen molar-refractivity contribution in [1.29, 1.82) is 0 Å². The molecule has 0 saturated carbocycles. The number of rotatable bonds is 9. The number of hydrogen-bond donors (Lipinski definition) is 3. The van der Waals surface area contributed by atoms with Gasteiger partial charge in [0, 0.05) is 18.5 Å². The summed E-state index contributed by atoms with van der Waals surface area (Å²) in [6, 6.07) is 0.614. The maximum absolute atomic E-state index is 8.49. The minimum atomic E-state index is 0.0818. The molecule has 0 aliphatic heterocycles. The number of amidine groups is 1. The summed E-state index contributed by atoms with van der Waals surface area (Å²) in [7, 11) is 2.15. The SMILES string of the molecule is CC(CNCCCCN(C)C(C)C)C(N)=NO.